The van der Waals surface area contributed by atoms with Crippen molar-refractivity contribution in [3.63, 3.8) is 0 Å². The number of carbonyl (C=O) groups is 1. The predicted molar refractivity (Wildman–Crippen MR) is 82.3 cm³/mol. The number of nitrogens with zero attached hydrogens (tertiary/aromatic N) is 4. The summed E-state index contributed by atoms with van der Waals surface area (Å²) in [5.74, 6) is -0.0837. The normalized spacial score (nSPS) is 17.0. The van der Waals surface area contributed by atoms with Gasteiger partial charge in [0.15, 0.2) is 5.65 Å². The Labute approximate surface area is 127 Å². The zero-order valence-electron chi connectivity index (χ0n) is 11.7. The summed E-state index contributed by atoms with van der Waals surface area (Å²) >= 11 is 1.11. The van der Waals surface area contributed by atoms with Crippen molar-refractivity contribution in [1.82, 2.24) is 23.9 Å². The van der Waals surface area contributed by atoms with Crippen LogP contribution in [0, 0.1) is 0 Å². The van der Waals surface area contributed by atoms with Gasteiger partial charge in [0.05, 0.1) is 17.3 Å². The van der Waals surface area contributed by atoms with E-state index in [0.29, 0.717) is 16.7 Å². The van der Waals surface area contributed by atoms with E-state index >= 15 is 0 Å². The molecular weight excluding hydrogens is 286 g/mol. The second-order valence-electron chi connectivity index (χ2n) is 5.17. The number of fused-ring (bicyclic) bond motifs is 1. The quantitative estimate of drug-likeness (QED) is 0.866. The van der Waals surface area contributed by atoms with E-state index in [-0.39, 0.29) is 11.9 Å². The Morgan fingerprint density at radius 2 is 2.29 bits per heavy atom. The summed E-state index contributed by atoms with van der Waals surface area (Å²) in [6, 6.07) is 1.97. The number of amides is 1. The average Bonchev–Trinajstić information content (AvgIpc) is 2.97. The van der Waals surface area contributed by atoms with Crippen LogP contribution in [-0.2, 0) is 0 Å². The van der Waals surface area contributed by atoms with Crippen LogP contribution in [0.5, 0.6) is 0 Å². The van der Waals surface area contributed by atoms with Gasteiger partial charge in [0.1, 0.15) is 5.52 Å². The summed E-state index contributed by atoms with van der Waals surface area (Å²) < 4.78 is 8.15. The van der Waals surface area contributed by atoms with Gasteiger partial charge in [-0.25, -0.2) is 4.98 Å². The molecule has 1 aliphatic rings. The largest absolute Gasteiger partial charge is 0.349 e. The second-order valence-corrected chi connectivity index (χ2v) is 5.70. The predicted octanol–water partition coefficient (Wildman–Crippen LogP) is 1.47. The van der Waals surface area contributed by atoms with Crippen LogP contribution < -0.4 is 5.32 Å². The van der Waals surface area contributed by atoms with Gasteiger partial charge in [-0.15, -0.1) is 6.58 Å². The lowest BCUT2D eigenvalue weighted by Gasteiger charge is -2.31. The first-order chi connectivity index (χ1) is 10.3. The van der Waals surface area contributed by atoms with Crippen molar-refractivity contribution in [1.29, 1.82) is 0 Å². The van der Waals surface area contributed by atoms with Gasteiger partial charge >= 0.3 is 0 Å². The number of rotatable bonds is 4. The molecule has 1 N–H and O–H groups in total. The smallest absolute Gasteiger partial charge is 0.253 e. The fourth-order valence-electron chi connectivity index (χ4n) is 2.52. The van der Waals surface area contributed by atoms with Crippen LogP contribution in [0.15, 0.2) is 24.9 Å². The summed E-state index contributed by atoms with van der Waals surface area (Å²) in [4.78, 5) is 18.7. The minimum Gasteiger partial charge on any atom is -0.349 e. The van der Waals surface area contributed by atoms with Crippen molar-refractivity contribution < 1.29 is 4.79 Å². The maximum absolute atomic E-state index is 12.3. The van der Waals surface area contributed by atoms with E-state index in [2.05, 4.69) is 30.5 Å². The van der Waals surface area contributed by atoms with Crippen LogP contribution in [0.4, 0.5) is 0 Å². The molecule has 1 aliphatic heterocycles. The molecule has 0 radical (unpaired) electrons. The Morgan fingerprint density at radius 3 is 3.05 bits per heavy atom. The van der Waals surface area contributed by atoms with E-state index in [1.165, 1.54) is 0 Å². The topological polar surface area (TPSA) is 71.0 Å². The molecule has 0 saturated carbocycles. The third kappa shape index (κ3) is 3.25. The zero-order valence-corrected chi connectivity index (χ0v) is 12.5. The van der Waals surface area contributed by atoms with Crippen molar-refractivity contribution in [3.05, 3.63) is 30.5 Å². The third-order valence-electron chi connectivity index (χ3n) is 3.69. The lowest BCUT2D eigenvalue weighted by atomic mass is 10.0. The number of aromatic nitrogens is 3. The highest BCUT2D eigenvalue weighted by molar-refractivity contribution is 7.00. The number of hydrogen-bond acceptors (Lipinski definition) is 6. The molecule has 0 bridgehead atoms. The molecule has 7 heteroatoms. The van der Waals surface area contributed by atoms with Gasteiger partial charge in [0, 0.05) is 31.9 Å². The molecule has 3 rings (SSSR count). The van der Waals surface area contributed by atoms with Crippen LogP contribution >= 0.6 is 11.7 Å². The molecule has 2 aromatic heterocycles. The van der Waals surface area contributed by atoms with Gasteiger partial charge in [0.2, 0.25) is 0 Å². The molecule has 0 aliphatic carbocycles. The molecule has 2 aromatic rings. The number of hydrogen-bond donors (Lipinski definition) is 1. The van der Waals surface area contributed by atoms with Gasteiger partial charge in [-0.05, 0) is 18.9 Å². The maximum Gasteiger partial charge on any atom is 0.253 e. The molecule has 0 aromatic carbocycles. The van der Waals surface area contributed by atoms with E-state index < -0.39 is 0 Å². The molecule has 3 heterocycles. The molecule has 0 unspecified atom stereocenters. The van der Waals surface area contributed by atoms with Crippen LogP contribution in [-0.4, -0.2) is 50.2 Å². The van der Waals surface area contributed by atoms with Gasteiger partial charge < -0.3 is 5.32 Å². The van der Waals surface area contributed by atoms with E-state index in [4.69, 9.17) is 0 Å². The Balaban J connectivity index is 1.60. The maximum atomic E-state index is 12.3. The number of pyridine rings is 1. The highest BCUT2D eigenvalue weighted by atomic mass is 32.1. The first-order valence-corrected chi connectivity index (χ1v) is 7.71. The van der Waals surface area contributed by atoms with Crippen molar-refractivity contribution in [2.75, 3.05) is 19.6 Å². The van der Waals surface area contributed by atoms with Crippen molar-refractivity contribution >= 4 is 28.8 Å². The second kappa shape index (κ2) is 6.28. The Morgan fingerprint density at radius 1 is 1.48 bits per heavy atom. The van der Waals surface area contributed by atoms with Crippen LogP contribution in [0.3, 0.4) is 0 Å². The van der Waals surface area contributed by atoms with Crippen LogP contribution in [0.25, 0.3) is 11.2 Å². The van der Waals surface area contributed by atoms with Crippen molar-refractivity contribution in [2.45, 2.75) is 18.9 Å². The monoisotopic (exact) mass is 303 g/mol. The molecule has 1 fully saturated rings. The highest BCUT2D eigenvalue weighted by Gasteiger charge is 2.20. The van der Waals surface area contributed by atoms with Gasteiger partial charge in [0.25, 0.3) is 5.91 Å². The average molecular weight is 303 g/mol. The summed E-state index contributed by atoms with van der Waals surface area (Å²) in [5.41, 5.74) is 1.81. The summed E-state index contributed by atoms with van der Waals surface area (Å²) in [7, 11) is 0. The molecule has 21 heavy (non-hydrogen) atoms. The summed E-state index contributed by atoms with van der Waals surface area (Å²) in [6.07, 6.45) is 5.41. The number of carbonyl (C=O) groups excluding carboxylic acids is 1. The van der Waals surface area contributed by atoms with E-state index in [1.807, 2.05) is 6.08 Å². The SMILES string of the molecule is C=CCN1CCC(NC(=O)c2cnc3nsnc3c2)CC1. The number of piperidine rings is 1. The lowest BCUT2D eigenvalue weighted by Crippen LogP contribution is -2.44. The summed E-state index contributed by atoms with van der Waals surface area (Å²) in [6.45, 7) is 6.65. The van der Waals surface area contributed by atoms with Crippen molar-refractivity contribution in [2.24, 2.45) is 0 Å². The Hall–Kier alpha value is -1.86. The number of nitrogens with one attached hydrogen (secondary N) is 1. The fourth-order valence-corrected chi connectivity index (χ4v) is 3.00. The van der Waals surface area contributed by atoms with Crippen LogP contribution in [0.1, 0.15) is 23.2 Å². The third-order valence-corrected chi connectivity index (χ3v) is 4.22. The zero-order chi connectivity index (χ0) is 14.7. The van der Waals surface area contributed by atoms with Gasteiger partial charge in [-0.2, -0.15) is 8.75 Å². The molecule has 110 valence electrons. The fraction of sp³-hybridized carbons (Fsp3) is 0.429. The van der Waals surface area contributed by atoms with Gasteiger partial charge in [-0.1, -0.05) is 6.08 Å². The Kier molecular flexibility index (Phi) is 4.21. The van der Waals surface area contributed by atoms with Crippen molar-refractivity contribution in [3.8, 4) is 0 Å². The minimum atomic E-state index is -0.0837. The first kappa shape index (κ1) is 14.1. The molecular formula is C14H17N5OS. The van der Waals surface area contributed by atoms with Crippen LogP contribution in [0.2, 0.25) is 0 Å². The molecule has 0 spiro atoms. The lowest BCUT2D eigenvalue weighted by molar-refractivity contribution is 0.0914. The Bertz CT molecular complexity index is 648. The van der Waals surface area contributed by atoms with E-state index in [1.54, 1.807) is 12.3 Å². The molecule has 1 saturated heterocycles. The highest BCUT2D eigenvalue weighted by Crippen LogP contribution is 2.13. The first-order valence-electron chi connectivity index (χ1n) is 6.98. The molecule has 6 nitrogen and oxygen atoms in total. The molecule has 1 amide bonds. The standard InChI is InChI=1S/C14H17N5OS/c1-2-5-19-6-3-11(4-7-19)16-14(20)10-8-12-13(15-9-10)18-21-17-12/h2,8-9,11H,1,3-7H2,(H,16,20). The number of likely N-dealkylation sites (tertiary alicyclic amines) is 1. The van der Waals surface area contributed by atoms with Gasteiger partial charge in [-0.3, -0.25) is 9.69 Å². The summed E-state index contributed by atoms with van der Waals surface area (Å²) in [5, 5.41) is 3.08. The minimum absolute atomic E-state index is 0.0837. The van der Waals surface area contributed by atoms with E-state index in [9.17, 15) is 4.79 Å². The van der Waals surface area contributed by atoms with E-state index in [0.717, 1.165) is 44.2 Å². The molecule has 0 atom stereocenters.